The molecule has 1 aromatic heterocycles. The van der Waals surface area contributed by atoms with Gasteiger partial charge in [-0.3, -0.25) is 4.79 Å². The standard InChI is InChI=1S/C16H21F3N2OS2/c1-9-21(13(16(17,18)19)12(24-9)14(20)22)10-6-8-23-11(10)5-7-15(2,3)4/h6,8-9H,5,7H2,1-4H3,(H2,20,22). The number of thiophene rings is 1. The quantitative estimate of drug-likeness (QED) is 0.812. The Labute approximate surface area is 148 Å². The second-order valence-electron chi connectivity index (χ2n) is 6.92. The summed E-state index contributed by atoms with van der Waals surface area (Å²) < 4.78 is 40.7. The Hall–Kier alpha value is -1.15. The fourth-order valence-corrected chi connectivity index (χ4v) is 4.53. The smallest absolute Gasteiger partial charge is 0.365 e. The number of halogens is 3. The van der Waals surface area contributed by atoms with Crippen LogP contribution in [-0.4, -0.2) is 17.5 Å². The highest BCUT2D eigenvalue weighted by Crippen LogP contribution is 2.49. The van der Waals surface area contributed by atoms with E-state index in [0.29, 0.717) is 12.1 Å². The Morgan fingerprint density at radius 2 is 1.96 bits per heavy atom. The van der Waals surface area contributed by atoms with Gasteiger partial charge in [-0.15, -0.1) is 11.3 Å². The van der Waals surface area contributed by atoms with Gasteiger partial charge in [0.1, 0.15) is 10.6 Å². The Morgan fingerprint density at radius 1 is 1.33 bits per heavy atom. The number of anilines is 1. The van der Waals surface area contributed by atoms with Crippen LogP contribution in [0.15, 0.2) is 22.0 Å². The Bertz CT molecular complexity index is 659. The summed E-state index contributed by atoms with van der Waals surface area (Å²) in [6, 6.07) is 1.69. The van der Waals surface area contributed by atoms with E-state index >= 15 is 0 Å². The maximum atomic E-state index is 13.6. The minimum atomic E-state index is -4.63. The third-order valence-electron chi connectivity index (χ3n) is 3.68. The molecule has 0 bridgehead atoms. The van der Waals surface area contributed by atoms with E-state index in [0.717, 1.165) is 23.1 Å². The first kappa shape index (κ1) is 19.2. The van der Waals surface area contributed by atoms with Gasteiger partial charge in [-0.2, -0.15) is 13.2 Å². The molecule has 0 aromatic carbocycles. The number of nitrogens with zero attached hydrogens (tertiary/aromatic N) is 1. The maximum absolute atomic E-state index is 13.6. The molecule has 2 heterocycles. The van der Waals surface area contributed by atoms with E-state index in [2.05, 4.69) is 20.8 Å². The molecule has 1 aliphatic rings. The molecular formula is C16H21F3N2OS2. The van der Waals surface area contributed by atoms with Gasteiger partial charge in [0.2, 0.25) is 0 Å². The second kappa shape index (κ2) is 6.63. The van der Waals surface area contributed by atoms with E-state index < -0.39 is 28.1 Å². The highest BCUT2D eigenvalue weighted by Gasteiger charge is 2.48. The number of nitrogens with two attached hydrogens (primary N) is 1. The number of primary amides is 1. The molecule has 0 saturated heterocycles. The predicted octanol–water partition coefficient (Wildman–Crippen LogP) is 4.89. The molecule has 24 heavy (non-hydrogen) atoms. The molecule has 2 rings (SSSR count). The molecule has 134 valence electrons. The lowest BCUT2D eigenvalue weighted by Crippen LogP contribution is -2.34. The molecule has 8 heteroatoms. The molecule has 1 atom stereocenters. The van der Waals surface area contributed by atoms with E-state index in [9.17, 15) is 18.0 Å². The van der Waals surface area contributed by atoms with Crippen LogP contribution in [0.25, 0.3) is 0 Å². The minimum Gasteiger partial charge on any atom is -0.365 e. The average Bonchev–Trinajstić information content (AvgIpc) is 2.97. The first-order chi connectivity index (χ1) is 10.9. The number of aryl methyl sites for hydroxylation is 1. The van der Waals surface area contributed by atoms with Crippen LogP contribution in [0.1, 0.15) is 39.0 Å². The van der Waals surface area contributed by atoms with Gasteiger partial charge in [-0.1, -0.05) is 32.5 Å². The van der Waals surface area contributed by atoms with Crippen molar-refractivity contribution in [3.05, 3.63) is 26.9 Å². The van der Waals surface area contributed by atoms with Crippen molar-refractivity contribution in [1.29, 1.82) is 0 Å². The average molecular weight is 378 g/mol. The summed E-state index contributed by atoms with van der Waals surface area (Å²) in [5.74, 6) is -1.03. The van der Waals surface area contributed by atoms with Gasteiger partial charge in [0.05, 0.1) is 11.1 Å². The summed E-state index contributed by atoms with van der Waals surface area (Å²) in [4.78, 5) is 13.2. The summed E-state index contributed by atoms with van der Waals surface area (Å²) >= 11 is 2.31. The Kier molecular flexibility index (Phi) is 5.30. The first-order valence-corrected chi connectivity index (χ1v) is 9.31. The number of carbonyl (C=O) groups excluding carboxylic acids is 1. The Balaban J connectivity index is 2.44. The van der Waals surface area contributed by atoms with E-state index in [1.165, 1.54) is 16.2 Å². The molecule has 3 nitrogen and oxygen atoms in total. The van der Waals surface area contributed by atoms with Crippen molar-refractivity contribution in [3.63, 3.8) is 0 Å². The number of carbonyl (C=O) groups is 1. The summed E-state index contributed by atoms with van der Waals surface area (Å²) in [5.41, 5.74) is 4.85. The minimum absolute atomic E-state index is 0.0910. The monoisotopic (exact) mass is 378 g/mol. The normalized spacial score (nSPS) is 19.3. The van der Waals surface area contributed by atoms with Crippen molar-refractivity contribution in [2.45, 2.75) is 52.1 Å². The van der Waals surface area contributed by atoms with Crippen LogP contribution in [0.4, 0.5) is 18.9 Å². The molecule has 0 radical (unpaired) electrons. The highest BCUT2D eigenvalue weighted by molar-refractivity contribution is 8.05. The summed E-state index contributed by atoms with van der Waals surface area (Å²) in [7, 11) is 0. The van der Waals surface area contributed by atoms with Crippen molar-refractivity contribution in [2.75, 3.05) is 4.90 Å². The molecule has 1 amide bonds. The number of allylic oxidation sites excluding steroid dienone is 1. The van der Waals surface area contributed by atoms with Crippen LogP contribution < -0.4 is 10.6 Å². The molecule has 0 spiro atoms. The van der Waals surface area contributed by atoms with Crippen molar-refractivity contribution >= 4 is 34.7 Å². The van der Waals surface area contributed by atoms with E-state index in [1.54, 1.807) is 18.4 Å². The summed E-state index contributed by atoms with van der Waals surface area (Å²) in [6.07, 6.45) is -3.07. The molecule has 0 fully saturated rings. The number of alkyl halides is 3. The van der Waals surface area contributed by atoms with Crippen LogP contribution >= 0.6 is 23.1 Å². The van der Waals surface area contributed by atoms with Crippen LogP contribution in [0.3, 0.4) is 0 Å². The lowest BCUT2D eigenvalue weighted by atomic mass is 9.90. The Morgan fingerprint density at radius 3 is 2.46 bits per heavy atom. The number of hydrogen-bond acceptors (Lipinski definition) is 4. The van der Waals surface area contributed by atoms with Crippen LogP contribution in [-0.2, 0) is 11.2 Å². The van der Waals surface area contributed by atoms with Crippen molar-refractivity contribution < 1.29 is 18.0 Å². The lowest BCUT2D eigenvalue weighted by molar-refractivity contribution is -0.115. The molecule has 1 unspecified atom stereocenters. The van der Waals surface area contributed by atoms with Gasteiger partial charge in [-0.05, 0) is 36.6 Å². The molecule has 1 aliphatic heterocycles. The fourth-order valence-electron chi connectivity index (χ4n) is 2.55. The van der Waals surface area contributed by atoms with Gasteiger partial charge < -0.3 is 10.6 Å². The summed E-state index contributed by atoms with van der Waals surface area (Å²) in [5, 5.41) is 1.26. The predicted molar refractivity (Wildman–Crippen MR) is 93.9 cm³/mol. The molecular weight excluding hydrogens is 357 g/mol. The van der Waals surface area contributed by atoms with Gasteiger partial charge in [0, 0.05) is 4.88 Å². The van der Waals surface area contributed by atoms with E-state index in [4.69, 9.17) is 5.73 Å². The first-order valence-electron chi connectivity index (χ1n) is 7.55. The van der Waals surface area contributed by atoms with Crippen LogP contribution in [0.2, 0.25) is 0 Å². The topological polar surface area (TPSA) is 46.3 Å². The van der Waals surface area contributed by atoms with Crippen LogP contribution in [0.5, 0.6) is 0 Å². The molecule has 2 N–H and O–H groups in total. The van der Waals surface area contributed by atoms with Crippen molar-refractivity contribution in [3.8, 4) is 0 Å². The zero-order chi connectivity index (χ0) is 18.3. The number of rotatable bonds is 4. The number of thioether (sulfide) groups is 1. The summed E-state index contributed by atoms with van der Waals surface area (Å²) in [6.45, 7) is 7.94. The third kappa shape index (κ3) is 4.08. The lowest BCUT2D eigenvalue weighted by Gasteiger charge is -2.28. The van der Waals surface area contributed by atoms with Crippen molar-refractivity contribution in [2.24, 2.45) is 11.1 Å². The van der Waals surface area contributed by atoms with E-state index in [-0.39, 0.29) is 5.41 Å². The van der Waals surface area contributed by atoms with E-state index in [1.807, 2.05) is 0 Å². The van der Waals surface area contributed by atoms with Gasteiger partial charge in [0.25, 0.3) is 5.91 Å². The zero-order valence-electron chi connectivity index (χ0n) is 14.0. The van der Waals surface area contributed by atoms with Crippen molar-refractivity contribution in [1.82, 2.24) is 0 Å². The number of hydrogen-bond donors (Lipinski definition) is 1. The molecule has 1 aromatic rings. The SMILES string of the molecule is CC1SC(C(N)=O)=C(C(F)(F)F)N1c1ccsc1CCC(C)(C)C. The largest absolute Gasteiger partial charge is 0.432 e. The molecule has 0 saturated carbocycles. The maximum Gasteiger partial charge on any atom is 0.432 e. The van der Waals surface area contributed by atoms with Gasteiger partial charge in [-0.25, -0.2) is 0 Å². The van der Waals surface area contributed by atoms with Crippen LogP contribution in [0, 0.1) is 5.41 Å². The fraction of sp³-hybridized carbons (Fsp3) is 0.562. The zero-order valence-corrected chi connectivity index (χ0v) is 15.7. The highest BCUT2D eigenvalue weighted by atomic mass is 32.2. The third-order valence-corrected chi connectivity index (χ3v) is 5.84. The van der Waals surface area contributed by atoms with Gasteiger partial charge in [0.15, 0.2) is 0 Å². The number of amides is 1. The second-order valence-corrected chi connectivity index (χ2v) is 9.24. The molecule has 0 aliphatic carbocycles. The van der Waals surface area contributed by atoms with Gasteiger partial charge >= 0.3 is 6.18 Å².